The third kappa shape index (κ3) is 4.59. The van der Waals surface area contributed by atoms with Gasteiger partial charge in [-0.15, -0.1) is 0 Å². The van der Waals surface area contributed by atoms with Crippen molar-refractivity contribution >= 4 is 5.91 Å². The van der Waals surface area contributed by atoms with E-state index in [2.05, 4.69) is 27.7 Å². The lowest BCUT2D eigenvalue weighted by atomic mass is 10.1. The van der Waals surface area contributed by atoms with E-state index in [-0.39, 0.29) is 12.0 Å². The predicted octanol–water partition coefficient (Wildman–Crippen LogP) is 0.353. The molecule has 0 aliphatic carbocycles. The van der Waals surface area contributed by atoms with Crippen molar-refractivity contribution in [2.75, 3.05) is 33.8 Å². The normalized spacial score (nSPS) is 19.1. The zero-order chi connectivity index (χ0) is 14.4. The smallest absolute Gasteiger partial charge is 0.250 e. The molecule has 1 aromatic rings. The first kappa shape index (κ1) is 15.0. The van der Waals surface area contributed by atoms with Gasteiger partial charge >= 0.3 is 0 Å². The van der Waals surface area contributed by atoms with Gasteiger partial charge in [0.05, 0.1) is 6.61 Å². The molecule has 0 radical (unpaired) electrons. The Bertz CT molecular complexity index is 442. The second-order valence-corrected chi connectivity index (χ2v) is 5.34. The first-order chi connectivity index (χ1) is 9.65. The topological polar surface area (TPSA) is 53.6 Å². The van der Waals surface area contributed by atoms with Crippen molar-refractivity contribution in [2.24, 2.45) is 0 Å². The van der Waals surface area contributed by atoms with E-state index < -0.39 is 0 Å². The van der Waals surface area contributed by atoms with Gasteiger partial charge in [-0.1, -0.05) is 24.3 Å². The highest BCUT2D eigenvalue weighted by molar-refractivity contribution is 5.81. The Hall–Kier alpha value is -1.43. The Morgan fingerprint density at radius 1 is 1.45 bits per heavy atom. The van der Waals surface area contributed by atoms with Crippen LogP contribution in [0.4, 0.5) is 0 Å². The van der Waals surface area contributed by atoms with Gasteiger partial charge in [0.15, 0.2) is 0 Å². The molecule has 0 bridgehead atoms. The van der Waals surface area contributed by atoms with Crippen LogP contribution in [-0.2, 0) is 22.6 Å². The molecule has 1 aliphatic rings. The molecule has 0 aromatic heterocycles. The summed E-state index contributed by atoms with van der Waals surface area (Å²) in [6.07, 6.45) is -0.367. The van der Waals surface area contributed by atoms with Crippen molar-refractivity contribution in [1.29, 1.82) is 0 Å². The molecule has 2 N–H and O–H groups in total. The van der Waals surface area contributed by atoms with E-state index in [1.54, 1.807) is 0 Å². The quantitative estimate of drug-likeness (QED) is 0.815. The van der Waals surface area contributed by atoms with Crippen molar-refractivity contribution < 1.29 is 9.53 Å². The van der Waals surface area contributed by atoms with Crippen molar-refractivity contribution in [3.63, 3.8) is 0 Å². The van der Waals surface area contributed by atoms with Crippen molar-refractivity contribution in [3.8, 4) is 0 Å². The molecule has 1 amide bonds. The van der Waals surface area contributed by atoms with Gasteiger partial charge in [-0.2, -0.15) is 0 Å². The highest BCUT2D eigenvalue weighted by Gasteiger charge is 2.21. The lowest BCUT2D eigenvalue weighted by Crippen LogP contribution is -2.47. The Kier molecular flexibility index (Phi) is 5.52. The molecular weight excluding hydrogens is 254 g/mol. The lowest BCUT2D eigenvalue weighted by Gasteiger charge is -2.22. The minimum absolute atomic E-state index is 0.0461. The molecular formula is C15H23N3O2. The Balaban J connectivity index is 1.85. The molecule has 1 heterocycles. The maximum Gasteiger partial charge on any atom is 0.250 e. The zero-order valence-corrected chi connectivity index (χ0v) is 12.2. The first-order valence-corrected chi connectivity index (χ1v) is 6.98. The number of nitrogens with one attached hydrogen (secondary N) is 2. The van der Waals surface area contributed by atoms with E-state index >= 15 is 0 Å². The van der Waals surface area contributed by atoms with Crippen LogP contribution in [0, 0.1) is 0 Å². The number of benzene rings is 1. The van der Waals surface area contributed by atoms with Crippen LogP contribution < -0.4 is 10.6 Å². The van der Waals surface area contributed by atoms with E-state index in [1.807, 2.05) is 26.2 Å². The number of hydrogen-bond donors (Lipinski definition) is 2. The van der Waals surface area contributed by atoms with Crippen molar-refractivity contribution in [2.45, 2.75) is 19.2 Å². The van der Waals surface area contributed by atoms with Crippen LogP contribution in [-0.4, -0.2) is 50.7 Å². The predicted molar refractivity (Wildman–Crippen MR) is 78.3 cm³/mol. The summed E-state index contributed by atoms with van der Waals surface area (Å²) in [4.78, 5) is 14.1. The van der Waals surface area contributed by atoms with Gasteiger partial charge in [0.1, 0.15) is 6.10 Å². The van der Waals surface area contributed by atoms with Crippen LogP contribution in [0.2, 0.25) is 0 Å². The third-order valence-corrected chi connectivity index (χ3v) is 3.18. The highest BCUT2D eigenvalue weighted by atomic mass is 16.5. The molecule has 1 unspecified atom stereocenters. The van der Waals surface area contributed by atoms with E-state index in [0.29, 0.717) is 19.7 Å². The van der Waals surface area contributed by atoms with Crippen LogP contribution in [0.15, 0.2) is 24.3 Å². The average molecular weight is 277 g/mol. The number of carbonyl (C=O) groups is 1. The number of nitrogens with zero attached hydrogens (tertiary/aromatic N) is 1. The maximum absolute atomic E-state index is 11.9. The number of amides is 1. The molecule has 1 saturated heterocycles. The molecule has 5 heteroatoms. The summed E-state index contributed by atoms with van der Waals surface area (Å²) in [5, 5.41) is 6.08. The molecule has 1 atom stereocenters. The number of carbonyl (C=O) groups excluding carboxylic acids is 1. The molecule has 1 aromatic carbocycles. The zero-order valence-electron chi connectivity index (χ0n) is 12.2. The van der Waals surface area contributed by atoms with Gasteiger partial charge in [0.2, 0.25) is 0 Å². The molecule has 0 spiro atoms. The second kappa shape index (κ2) is 7.38. The molecule has 110 valence electrons. The second-order valence-electron chi connectivity index (χ2n) is 5.34. The van der Waals surface area contributed by atoms with E-state index in [9.17, 15) is 4.79 Å². The molecule has 1 aliphatic heterocycles. The molecule has 5 nitrogen and oxygen atoms in total. The Labute approximate surface area is 120 Å². The number of rotatable bonds is 5. The summed E-state index contributed by atoms with van der Waals surface area (Å²) in [5.74, 6) is -0.0461. The third-order valence-electron chi connectivity index (χ3n) is 3.18. The summed E-state index contributed by atoms with van der Waals surface area (Å²) in [6.45, 7) is 3.44. The SMILES string of the molecule is CN(C)Cc1cccc(CNC(=O)C2CNCCO2)c1. The fourth-order valence-corrected chi connectivity index (χ4v) is 2.24. The van der Waals surface area contributed by atoms with Crippen molar-refractivity contribution in [1.82, 2.24) is 15.5 Å². The van der Waals surface area contributed by atoms with Gasteiger partial charge in [-0.05, 0) is 25.2 Å². The fraction of sp³-hybridized carbons (Fsp3) is 0.533. The van der Waals surface area contributed by atoms with Gasteiger partial charge in [0, 0.05) is 26.2 Å². The highest BCUT2D eigenvalue weighted by Crippen LogP contribution is 2.07. The Morgan fingerprint density at radius 2 is 2.25 bits per heavy atom. The van der Waals surface area contributed by atoms with Gasteiger partial charge < -0.3 is 20.3 Å². The summed E-state index contributed by atoms with van der Waals surface area (Å²) >= 11 is 0. The fourth-order valence-electron chi connectivity index (χ4n) is 2.24. The molecule has 1 fully saturated rings. The van der Waals surface area contributed by atoms with E-state index in [1.165, 1.54) is 5.56 Å². The summed E-state index contributed by atoms with van der Waals surface area (Å²) in [5.41, 5.74) is 2.36. The molecule has 2 rings (SSSR count). The summed E-state index contributed by atoms with van der Waals surface area (Å²) in [7, 11) is 4.09. The van der Waals surface area contributed by atoms with Crippen LogP contribution >= 0.6 is 0 Å². The largest absolute Gasteiger partial charge is 0.366 e. The first-order valence-electron chi connectivity index (χ1n) is 6.98. The van der Waals surface area contributed by atoms with Gasteiger partial charge in [0.25, 0.3) is 5.91 Å². The van der Waals surface area contributed by atoms with E-state index in [4.69, 9.17) is 4.74 Å². The molecule has 0 saturated carbocycles. The van der Waals surface area contributed by atoms with E-state index in [0.717, 1.165) is 18.7 Å². The number of morpholine rings is 1. The standard InChI is InChI=1S/C15H23N3O2/c1-18(2)11-13-5-3-4-12(8-13)9-17-15(19)14-10-16-6-7-20-14/h3-5,8,14,16H,6-7,9-11H2,1-2H3,(H,17,19). The average Bonchev–Trinajstić information content (AvgIpc) is 2.45. The van der Waals surface area contributed by atoms with Crippen molar-refractivity contribution in [3.05, 3.63) is 35.4 Å². The van der Waals surface area contributed by atoms with Gasteiger partial charge in [-0.3, -0.25) is 4.79 Å². The molecule has 20 heavy (non-hydrogen) atoms. The lowest BCUT2D eigenvalue weighted by molar-refractivity contribution is -0.134. The summed E-state index contributed by atoms with van der Waals surface area (Å²) in [6, 6.07) is 8.28. The minimum Gasteiger partial charge on any atom is -0.366 e. The van der Waals surface area contributed by atoms with Gasteiger partial charge in [-0.25, -0.2) is 0 Å². The van der Waals surface area contributed by atoms with Crippen LogP contribution in [0.5, 0.6) is 0 Å². The van der Waals surface area contributed by atoms with Crippen LogP contribution in [0.1, 0.15) is 11.1 Å². The Morgan fingerprint density at radius 3 is 2.95 bits per heavy atom. The number of hydrogen-bond acceptors (Lipinski definition) is 4. The number of ether oxygens (including phenoxy) is 1. The minimum atomic E-state index is -0.367. The summed E-state index contributed by atoms with van der Waals surface area (Å²) < 4.78 is 5.42. The monoisotopic (exact) mass is 277 g/mol. The van der Waals surface area contributed by atoms with Crippen LogP contribution in [0.25, 0.3) is 0 Å². The van der Waals surface area contributed by atoms with Crippen LogP contribution in [0.3, 0.4) is 0 Å². The maximum atomic E-state index is 11.9.